The van der Waals surface area contributed by atoms with Crippen LogP contribution in [0.4, 0.5) is 17.3 Å². The summed E-state index contributed by atoms with van der Waals surface area (Å²) >= 11 is 0. The van der Waals surface area contributed by atoms with Crippen molar-refractivity contribution in [1.29, 1.82) is 0 Å². The van der Waals surface area contributed by atoms with Crippen LogP contribution < -0.4 is 10.2 Å². The first kappa shape index (κ1) is 18.3. The molecule has 3 heterocycles. The van der Waals surface area contributed by atoms with E-state index in [1.165, 1.54) is 24.9 Å². The van der Waals surface area contributed by atoms with Crippen molar-refractivity contribution in [2.45, 2.75) is 38.1 Å². The van der Waals surface area contributed by atoms with Gasteiger partial charge in [-0.25, -0.2) is 9.67 Å². The molecule has 1 saturated heterocycles. The predicted molar refractivity (Wildman–Crippen MR) is 115 cm³/mol. The molecule has 0 spiro atoms. The largest absolute Gasteiger partial charge is 0.369 e. The number of hydrogen-bond acceptors (Lipinski definition) is 7. The minimum atomic E-state index is 0.402. The van der Waals surface area contributed by atoms with Crippen molar-refractivity contribution in [3.05, 3.63) is 30.5 Å². The highest BCUT2D eigenvalue weighted by atomic mass is 15.5. The molecule has 0 radical (unpaired) electrons. The fourth-order valence-electron chi connectivity index (χ4n) is 4.33. The number of anilines is 3. The lowest BCUT2D eigenvalue weighted by molar-refractivity contribution is 0.313. The Hall–Kier alpha value is -2.74. The SMILES string of the molecule is CN1CCN(c2ccc(Nc3ncc4nnn(C5CCCCC5)c4n3)cc2)CC1. The molecule has 8 nitrogen and oxygen atoms in total. The normalized spacial score (nSPS) is 19.0. The molecule has 152 valence electrons. The van der Waals surface area contributed by atoms with Gasteiger partial charge in [0.2, 0.25) is 5.95 Å². The highest BCUT2D eigenvalue weighted by Gasteiger charge is 2.20. The van der Waals surface area contributed by atoms with Crippen molar-refractivity contribution in [3.8, 4) is 0 Å². The highest BCUT2D eigenvalue weighted by Crippen LogP contribution is 2.29. The number of fused-ring (bicyclic) bond motifs is 1. The second-order valence-electron chi connectivity index (χ2n) is 8.19. The van der Waals surface area contributed by atoms with Gasteiger partial charge in [-0.05, 0) is 44.2 Å². The van der Waals surface area contributed by atoms with Gasteiger partial charge in [-0.3, -0.25) is 0 Å². The Morgan fingerprint density at radius 3 is 2.48 bits per heavy atom. The summed E-state index contributed by atoms with van der Waals surface area (Å²) in [4.78, 5) is 14.0. The molecule has 5 rings (SSSR count). The third kappa shape index (κ3) is 3.89. The monoisotopic (exact) mass is 392 g/mol. The predicted octanol–water partition coefficient (Wildman–Crippen LogP) is 3.22. The van der Waals surface area contributed by atoms with Gasteiger partial charge in [-0.2, -0.15) is 4.98 Å². The second kappa shape index (κ2) is 7.94. The van der Waals surface area contributed by atoms with Crippen LogP contribution >= 0.6 is 0 Å². The van der Waals surface area contributed by atoms with Gasteiger partial charge in [-0.1, -0.05) is 24.5 Å². The summed E-state index contributed by atoms with van der Waals surface area (Å²) in [6, 6.07) is 8.93. The lowest BCUT2D eigenvalue weighted by atomic mass is 9.96. The van der Waals surface area contributed by atoms with Gasteiger partial charge in [0.15, 0.2) is 11.2 Å². The van der Waals surface area contributed by atoms with Gasteiger partial charge in [-0.15, -0.1) is 5.10 Å². The number of rotatable bonds is 4. The van der Waals surface area contributed by atoms with Gasteiger partial charge in [0.05, 0.1) is 12.2 Å². The first-order chi connectivity index (χ1) is 14.3. The van der Waals surface area contributed by atoms with E-state index in [1.807, 2.05) is 4.68 Å². The van der Waals surface area contributed by atoms with Crippen molar-refractivity contribution in [1.82, 2.24) is 29.9 Å². The lowest BCUT2D eigenvalue weighted by Crippen LogP contribution is -2.44. The number of nitrogens with zero attached hydrogens (tertiary/aromatic N) is 7. The number of piperazine rings is 1. The van der Waals surface area contributed by atoms with Crippen molar-refractivity contribution in [3.63, 3.8) is 0 Å². The van der Waals surface area contributed by atoms with Gasteiger partial charge < -0.3 is 15.1 Å². The van der Waals surface area contributed by atoms with Crippen LogP contribution in [-0.4, -0.2) is 63.1 Å². The Bertz CT molecular complexity index is 952. The van der Waals surface area contributed by atoms with Crippen molar-refractivity contribution in [2.24, 2.45) is 0 Å². The maximum atomic E-state index is 4.73. The Balaban J connectivity index is 1.32. The van der Waals surface area contributed by atoms with Crippen molar-refractivity contribution < 1.29 is 0 Å². The molecule has 0 bridgehead atoms. The van der Waals surface area contributed by atoms with E-state index < -0.39 is 0 Å². The Morgan fingerprint density at radius 1 is 0.966 bits per heavy atom. The third-order valence-electron chi connectivity index (χ3n) is 6.13. The lowest BCUT2D eigenvalue weighted by Gasteiger charge is -2.34. The first-order valence-corrected chi connectivity index (χ1v) is 10.6. The molecule has 0 unspecified atom stereocenters. The fourth-order valence-corrected chi connectivity index (χ4v) is 4.33. The van der Waals surface area contributed by atoms with E-state index >= 15 is 0 Å². The van der Waals surface area contributed by atoms with Crippen LogP contribution in [-0.2, 0) is 0 Å². The topological polar surface area (TPSA) is 75.0 Å². The van der Waals surface area contributed by atoms with E-state index in [0.29, 0.717) is 12.0 Å². The minimum absolute atomic E-state index is 0.402. The molecule has 3 aromatic rings. The smallest absolute Gasteiger partial charge is 0.229 e. The standard InChI is InChI=1S/C21H28N8/c1-27-11-13-28(14-12-27)17-9-7-16(8-10-17)23-21-22-15-19-20(24-21)29(26-25-19)18-5-3-2-4-6-18/h7-10,15,18H,2-6,11-14H2,1H3,(H,22,23,24). The van der Waals surface area contributed by atoms with E-state index in [1.54, 1.807) is 6.20 Å². The molecule has 0 atom stereocenters. The average Bonchev–Trinajstić information content (AvgIpc) is 3.19. The Morgan fingerprint density at radius 2 is 1.72 bits per heavy atom. The Kier molecular flexibility index (Phi) is 5.01. The van der Waals surface area contributed by atoms with Gasteiger partial charge in [0, 0.05) is 37.6 Å². The van der Waals surface area contributed by atoms with Gasteiger partial charge in [0.25, 0.3) is 0 Å². The molecule has 2 aromatic heterocycles. The molecule has 1 aromatic carbocycles. The van der Waals surface area contributed by atoms with E-state index in [4.69, 9.17) is 4.98 Å². The van der Waals surface area contributed by atoms with Crippen LogP contribution in [0.25, 0.3) is 11.2 Å². The molecule has 2 aliphatic rings. The summed E-state index contributed by atoms with van der Waals surface area (Å²) in [6.07, 6.45) is 7.88. The molecule has 0 amide bonds. The fraction of sp³-hybridized carbons (Fsp3) is 0.524. The molecule has 1 N–H and O–H groups in total. The van der Waals surface area contributed by atoms with Crippen LogP contribution in [0.15, 0.2) is 30.5 Å². The second-order valence-corrected chi connectivity index (χ2v) is 8.19. The van der Waals surface area contributed by atoms with Crippen LogP contribution in [0.5, 0.6) is 0 Å². The number of nitrogens with one attached hydrogen (secondary N) is 1. The zero-order chi connectivity index (χ0) is 19.6. The number of aromatic nitrogens is 5. The van der Waals surface area contributed by atoms with Crippen molar-refractivity contribution in [2.75, 3.05) is 43.4 Å². The number of benzene rings is 1. The molecule has 8 heteroatoms. The zero-order valence-electron chi connectivity index (χ0n) is 17.0. The van der Waals surface area contributed by atoms with Gasteiger partial charge >= 0.3 is 0 Å². The minimum Gasteiger partial charge on any atom is -0.369 e. The molecule has 1 aliphatic heterocycles. The van der Waals surface area contributed by atoms with E-state index in [9.17, 15) is 0 Å². The molecule has 2 fully saturated rings. The average molecular weight is 393 g/mol. The summed E-state index contributed by atoms with van der Waals surface area (Å²) in [7, 11) is 2.18. The van der Waals surface area contributed by atoms with Crippen LogP contribution in [0.3, 0.4) is 0 Å². The number of likely N-dealkylation sites (N-methyl/N-ethyl adjacent to an activating group) is 1. The van der Waals surface area contributed by atoms with Crippen LogP contribution in [0.2, 0.25) is 0 Å². The summed E-state index contributed by atoms with van der Waals surface area (Å²) in [5, 5.41) is 12.0. The molecular formula is C21H28N8. The van der Waals surface area contributed by atoms with Crippen molar-refractivity contribution >= 4 is 28.5 Å². The molecule has 1 aliphatic carbocycles. The molecule has 29 heavy (non-hydrogen) atoms. The molecule has 1 saturated carbocycles. The summed E-state index contributed by atoms with van der Waals surface area (Å²) < 4.78 is 2.00. The zero-order valence-corrected chi connectivity index (χ0v) is 17.0. The Labute approximate surface area is 170 Å². The van der Waals surface area contributed by atoms with E-state index in [0.717, 1.165) is 55.9 Å². The van der Waals surface area contributed by atoms with Crippen LogP contribution in [0.1, 0.15) is 38.1 Å². The third-order valence-corrected chi connectivity index (χ3v) is 6.13. The quantitative estimate of drug-likeness (QED) is 0.731. The van der Waals surface area contributed by atoms with E-state index in [-0.39, 0.29) is 0 Å². The summed E-state index contributed by atoms with van der Waals surface area (Å²) in [5.74, 6) is 0.587. The summed E-state index contributed by atoms with van der Waals surface area (Å²) in [6.45, 7) is 4.36. The maximum Gasteiger partial charge on any atom is 0.229 e. The highest BCUT2D eigenvalue weighted by molar-refractivity contribution is 5.71. The molecular weight excluding hydrogens is 364 g/mol. The summed E-state index contributed by atoms with van der Waals surface area (Å²) in [5.41, 5.74) is 3.83. The maximum absolute atomic E-state index is 4.73. The van der Waals surface area contributed by atoms with Crippen LogP contribution in [0, 0.1) is 0 Å². The first-order valence-electron chi connectivity index (χ1n) is 10.6. The number of hydrogen-bond donors (Lipinski definition) is 1. The van der Waals surface area contributed by atoms with Gasteiger partial charge in [0.1, 0.15) is 0 Å². The van der Waals surface area contributed by atoms with E-state index in [2.05, 4.69) is 61.7 Å².